The summed E-state index contributed by atoms with van der Waals surface area (Å²) in [5, 5.41) is 39.7. The maximum Gasteiger partial charge on any atom is 0.326 e. The van der Waals surface area contributed by atoms with Gasteiger partial charge in [0.15, 0.2) is 0 Å². The molecule has 13 nitrogen and oxygen atoms in total. The first-order valence-electron chi connectivity index (χ1n) is 11.9. The number of carbonyl (C=O) groups is 5. The van der Waals surface area contributed by atoms with Crippen LogP contribution < -0.4 is 21.3 Å². The number of nitrogens with one attached hydrogen (secondary N) is 5. The summed E-state index contributed by atoms with van der Waals surface area (Å²) in [5.74, 6) is -5.22. The van der Waals surface area contributed by atoms with E-state index in [0.717, 1.165) is 17.3 Å². The maximum atomic E-state index is 12.9. The van der Waals surface area contributed by atoms with Gasteiger partial charge in [-0.2, -0.15) is 0 Å². The number of fused-ring (bicyclic) bond motifs is 1. The smallest absolute Gasteiger partial charge is 0.326 e. The molecule has 13 heteroatoms. The fourth-order valence-electron chi connectivity index (χ4n) is 4.21. The number of aliphatic hydroxyl groups is 1. The van der Waals surface area contributed by atoms with Gasteiger partial charge in [-0.05, 0) is 37.9 Å². The highest BCUT2D eigenvalue weighted by Gasteiger charge is 2.34. The number of amides is 3. The molecule has 5 atom stereocenters. The molecular formula is C24H31N5O8. The predicted molar refractivity (Wildman–Crippen MR) is 130 cm³/mol. The first-order chi connectivity index (χ1) is 17.6. The first-order valence-corrected chi connectivity index (χ1v) is 11.9. The molecule has 5 unspecified atom stereocenters. The lowest BCUT2D eigenvalue weighted by Gasteiger charge is -2.26. The van der Waals surface area contributed by atoms with Crippen molar-refractivity contribution in [2.75, 3.05) is 6.54 Å². The van der Waals surface area contributed by atoms with Gasteiger partial charge in [0.25, 0.3) is 0 Å². The molecule has 8 N–H and O–H groups in total. The molecule has 37 heavy (non-hydrogen) atoms. The fourth-order valence-corrected chi connectivity index (χ4v) is 4.21. The highest BCUT2D eigenvalue weighted by Crippen LogP contribution is 2.19. The summed E-state index contributed by atoms with van der Waals surface area (Å²) in [6, 6.07) is 2.17. The highest BCUT2D eigenvalue weighted by molar-refractivity contribution is 5.96. The van der Waals surface area contributed by atoms with Gasteiger partial charge in [0.05, 0.1) is 18.6 Å². The number of H-pyrrole nitrogens is 1. The van der Waals surface area contributed by atoms with Gasteiger partial charge in [-0.15, -0.1) is 0 Å². The average molecular weight is 518 g/mol. The minimum atomic E-state index is -1.60. The molecule has 0 spiro atoms. The van der Waals surface area contributed by atoms with Gasteiger partial charge in [-0.1, -0.05) is 18.2 Å². The Kier molecular flexibility index (Phi) is 9.20. The Bertz CT molecular complexity index is 1160. The number of carboxylic acids is 2. The lowest BCUT2D eigenvalue weighted by atomic mass is 10.0. The number of hydrogen-bond acceptors (Lipinski definition) is 7. The van der Waals surface area contributed by atoms with Crippen LogP contribution >= 0.6 is 0 Å². The van der Waals surface area contributed by atoms with Crippen molar-refractivity contribution in [1.82, 2.24) is 26.3 Å². The summed E-state index contributed by atoms with van der Waals surface area (Å²) in [5.41, 5.74) is 1.44. The third-order valence-corrected chi connectivity index (χ3v) is 6.16. The van der Waals surface area contributed by atoms with Gasteiger partial charge < -0.3 is 41.6 Å². The number of aromatic nitrogens is 1. The van der Waals surface area contributed by atoms with E-state index >= 15 is 0 Å². The number of rotatable bonds is 12. The number of carbonyl (C=O) groups excluding carboxylic acids is 3. The molecule has 3 rings (SSSR count). The second kappa shape index (κ2) is 12.3. The minimum Gasteiger partial charge on any atom is -0.481 e. The number of carboxylic acid groups (broad SMARTS) is 2. The molecule has 3 amide bonds. The van der Waals surface area contributed by atoms with E-state index in [1.807, 2.05) is 12.1 Å². The summed E-state index contributed by atoms with van der Waals surface area (Å²) >= 11 is 0. The standard InChI is InChI=1S/C24H31N5O8/c1-12(30)20(29-22(34)17(10-19(31)32)27-21(33)16-7-4-8-25-16)23(35)28-18(24(36)37)9-13-11-26-15-6-3-2-5-14(13)15/h2-3,5-6,11-12,16-18,20,25-26,30H,4,7-10H2,1H3,(H,27,33)(H,28,35)(H,29,34)(H,31,32)(H,36,37). The molecular weight excluding hydrogens is 486 g/mol. The van der Waals surface area contributed by atoms with Crippen molar-refractivity contribution in [3.8, 4) is 0 Å². The molecule has 1 saturated heterocycles. The second-order valence-corrected chi connectivity index (χ2v) is 9.00. The quantitative estimate of drug-likeness (QED) is 0.171. The van der Waals surface area contributed by atoms with E-state index in [0.29, 0.717) is 18.5 Å². The van der Waals surface area contributed by atoms with Crippen LogP contribution in [0.15, 0.2) is 30.5 Å². The summed E-state index contributed by atoms with van der Waals surface area (Å²) < 4.78 is 0. The van der Waals surface area contributed by atoms with Crippen LogP contribution in [0, 0.1) is 0 Å². The number of hydrogen-bond donors (Lipinski definition) is 8. The molecule has 0 aliphatic carbocycles. The zero-order valence-corrected chi connectivity index (χ0v) is 20.2. The molecule has 200 valence electrons. The van der Waals surface area contributed by atoms with Crippen LogP contribution in [-0.4, -0.2) is 86.8 Å². The van der Waals surface area contributed by atoms with E-state index in [9.17, 15) is 39.3 Å². The third kappa shape index (κ3) is 7.27. The lowest BCUT2D eigenvalue weighted by Crippen LogP contribution is -2.60. The van der Waals surface area contributed by atoms with Crippen molar-refractivity contribution in [2.24, 2.45) is 0 Å². The van der Waals surface area contributed by atoms with Crippen LogP contribution in [-0.2, 0) is 30.4 Å². The lowest BCUT2D eigenvalue weighted by molar-refractivity contribution is -0.144. The van der Waals surface area contributed by atoms with Crippen LogP contribution in [0.25, 0.3) is 10.9 Å². The molecule has 1 aliphatic rings. The average Bonchev–Trinajstić information content (AvgIpc) is 3.51. The van der Waals surface area contributed by atoms with Crippen LogP contribution in [0.3, 0.4) is 0 Å². The Balaban J connectivity index is 1.70. The Morgan fingerprint density at radius 2 is 1.76 bits per heavy atom. The summed E-state index contributed by atoms with van der Waals surface area (Å²) in [7, 11) is 0. The van der Waals surface area contributed by atoms with Crippen LogP contribution in [0.2, 0.25) is 0 Å². The van der Waals surface area contributed by atoms with Crippen LogP contribution in [0.4, 0.5) is 0 Å². The Morgan fingerprint density at radius 1 is 1.03 bits per heavy atom. The largest absolute Gasteiger partial charge is 0.481 e. The monoisotopic (exact) mass is 517 g/mol. The normalized spacial score (nSPS) is 18.4. The van der Waals surface area contributed by atoms with Crippen LogP contribution in [0.5, 0.6) is 0 Å². The minimum absolute atomic E-state index is 0.0718. The molecule has 2 aromatic rings. The predicted octanol–water partition coefficient (Wildman–Crippen LogP) is -1.14. The molecule has 1 fully saturated rings. The molecule has 1 aromatic heterocycles. The highest BCUT2D eigenvalue weighted by atomic mass is 16.4. The zero-order chi connectivity index (χ0) is 27.1. The molecule has 1 aliphatic heterocycles. The van der Waals surface area contributed by atoms with Crippen molar-refractivity contribution in [3.05, 3.63) is 36.0 Å². The summed E-state index contributed by atoms with van der Waals surface area (Å²) in [6.07, 6.45) is 0.637. The van der Waals surface area contributed by atoms with Gasteiger partial charge in [0, 0.05) is 23.5 Å². The Hall–Kier alpha value is -3.97. The van der Waals surface area contributed by atoms with Crippen LogP contribution in [0.1, 0.15) is 31.7 Å². The van der Waals surface area contributed by atoms with Gasteiger partial charge >= 0.3 is 11.9 Å². The summed E-state index contributed by atoms with van der Waals surface area (Å²) in [6.45, 7) is 1.83. The van der Waals surface area contributed by atoms with E-state index in [-0.39, 0.29) is 6.42 Å². The van der Waals surface area contributed by atoms with Crippen molar-refractivity contribution in [1.29, 1.82) is 0 Å². The fraction of sp³-hybridized carbons (Fsp3) is 0.458. The molecule has 1 aromatic carbocycles. The van der Waals surface area contributed by atoms with Crippen molar-refractivity contribution in [3.63, 3.8) is 0 Å². The number of aliphatic carboxylic acids is 2. The molecule has 2 heterocycles. The molecule has 0 saturated carbocycles. The van der Waals surface area contributed by atoms with Gasteiger partial charge in [0.1, 0.15) is 18.1 Å². The van der Waals surface area contributed by atoms with Gasteiger partial charge in [-0.25, -0.2) is 4.79 Å². The number of aromatic amines is 1. The van der Waals surface area contributed by atoms with Crippen molar-refractivity contribution >= 4 is 40.6 Å². The van der Waals surface area contributed by atoms with Crippen molar-refractivity contribution in [2.45, 2.75) is 62.9 Å². The zero-order valence-electron chi connectivity index (χ0n) is 20.2. The van der Waals surface area contributed by atoms with E-state index in [1.54, 1.807) is 18.3 Å². The van der Waals surface area contributed by atoms with Crippen molar-refractivity contribution < 1.29 is 39.3 Å². The van der Waals surface area contributed by atoms with E-state index in [4.69, 9.17) is 0 Å². The van der Waals surface area contributed by atoms with E-state index in [2.05, 4.69) is 26.3 Å². The Labute approximate surface area is 212 Å². The number of benzene rings is 1. The maximum absolute atomic E-state index is 12.9. The molecule has 0 radical (unpaired) electrons. The number of aliphatic hydroxyl groups excluding tert-OH is 1. The van der Waals surface area contributed by atoms with E-state index in [1.165, 1.54) is 6.92 Å². The van der Waals surface area contributed by atoms with Gasteiger partial charge in [0.2, 0.25) is 17.7 Å². The van der Waals surface area contributed by atoms with Gasteiger partial charge in [-0.3, -0.25) is 19.2 Å². The SMILES string of the molecule is CC(O)C(NC(=O)C(CC(=O)O)NC(=O)C1CCCN1)C(=O)NC(Cc1c[nH]c2ccccc12)C(=O)O. The number of para-hydroxylation sites is 1. The van der Waals surface area contributed by atoms with E-state index < -0.39 is 66.4 Å². The topological polar surface area (TPSA) is 210 Å². The molecule has 0 bridgehead atoms. The second-order valence-electron chi connectivity index (χ2n) is 9.00. The summed E-state index contributed by atoms with van der Waals surface area (Å²) in [4.78, 5) is 64.4. The Morgan fingerprint density at radius 3 is 2.38 bits per heavy atom. The third-order valence-electron chi connectivity index (χ3n) is 6.16. The first kappa shape index (κ1) is 27.6.